The molecular formula is C40H35ClN8O2. The highest BCUT2D eigenvalue weighted by Gasteiger charge is 2.46. The lowest BCUT2D eigenvalue weighted by molar-refractivity contribution is 0.0783. The summed E-state index contributed by atoms with van der Waals surface area (Å²) >= 11 is 6.07. The van der Waals surface area contributed by atoms with Gasteiger partial charge in [0.1, 0.15) is 11.2 Å². The summed E-state index contributed by atoms with van der Waals surface area (Å²) in [6.07, 6.45) is 19.1. The monoisotopic (exact) mass is 694 g/mol. The number of aromatic nitrogens is 5. The largest absolute Gasteiger partial charge is 0.357 e. The van der Waals surface area contributed by atoms with Crippen molar-refractivity contribution in [1.29, 1.82) is 5.26 Å². The second kappa shape index (κ2) is 11.1. The molecule has 0 unspecified atom stereocenters. The Morgan fingerprint density at radius 1 is 0.706 bits per heavy atom. The van der Waals surface area contributed by atoms with Gasteiger partial charge in [-0.05, 0) is 105 Å². The molecule has 4 aliphatic carbocycles. The van der Waals surface area contributed by atoms with Crippen molar-refractivity contribution in [2.24, 2.45) is 0 Å². The Balaban J connectivity index is 0.000000133. The molecule has 5 aromatic rings. The van der Waals surface area contributed by atoms with Crippen molar-refractivity contribution in [1.82, 2.24) is 35.6 Å². The second-order valence-electron chi connectivity index (χ2n) is 15.2. The molecule has 11 heteroatoms. The zero-order valence-corrected chi connectivity index (χ0v) is 28.8. The lowest BCUT2D eigenvalue weighted by Crippen LogP contribution is -2.58. The summed E-state index contributed by atoms with van der Waals surface area (Å²) < 4.78 is 0. The first-order chi connectivity index (χ1) is 24.8. The van der Waals surface area contributed by atoms with Gasteiger partial charge in [-0.2, -0.15) is 5.26 Å². The van der Waals surface area contributed by atoms with E-state index >= 15 is 0 Å². The molecule has 51 heavy (non-hydrogen) atoms. The molecule has 7 heterocycles. The number of aromatic amines is 2. The van der Waals surface area contributed by atoms with E-state index in [1.165, 1.54) is 24.0 Å². The quantitative estimate of drug-likeness (QED) is 0.150. The van der Waals surface area contributed by atoms with Crippen molar-refractivity contribution in [3.8, 4) is 39.8 Å². The number of rotatable bonds is 1. The van der Waals surface area contributed by atoms with Gasteiger partial charge >= 0.3 is 0 Å². The summed E-state index contributed by atoms with van der Waals surface area (Å²) in [4.78, 5) is 45.7. The van der Waals surface area contributed by atoms with Crippen molar-refractivity contribution >= 4 is 23.4 Å². The van der Waals surface area contributed by atoms with Crippen molar-refractivity contribution in [2.45, 2.75) is 88.1 Å². The van der Waals surface area contributed by atoms with Gasteiger partial charge in [-0.25, -0.2) is 4.98 Å². The van der Waals surface area contributed by atoms with Gasteiger partial charge in [0.05, 0.1) is 33.8 Å². The minimum atomic E-state index is -0.0346. The van der Waals surface area contributed by atoms with Crippen LogP contribution < -0.4 is 10.6 Å². The van der Waals surface area contributed by atoms with Gasteiger partial charge in [-0.15, -0.1) is 0 Å². The molecule has 2 fully saturated rings. The van der Waals surface area contributed by atoms with Gasteiger partial charge in [0.2, 0.25) is 0 Å². The third-order valence-electron chi connectivity index (χ3n) is 12.2. The number of aryl methyl sites for hydroxylation is 2. The Kier molecular flexibility index (Phi) is 6.66. The lowest BCUT2D eigenvalue weighted by Gasteiger charge is -2.45. The van der Waals surface area contributed by atoms with E-state index in [0.29, 0.717) is 10.7 Å². The van der Waals surface area contributed by atoms with Crippen LogP contribution in [-0.2, 0) is 38.5 Å². The van der Waals surface area contributed by atoms with Crippen LogP contribution >= 0.6 is 11.6 Å². The van der Waals surface area contributed by atoms with Crippen molar-refractivity contribution in [3.05, 3.63) is 98.5 Å². The van der Waals surface area contributed by atoms with Gasteiger partial charge in [0, 0.05) is 76.8 Å². The van der Waals surface area contributed by atoms with Gasteiger partial charge in [0.25, 0.3) is 11.8 Å². The SMILES string of the molecule is N#Cc1cncc(-c2cc3c(cn2)CCc2c-3[nH]c3c2C(=O)NC2(CCC2)C3)c1.O=C1NC2(CCC2)Cc2[nH]c3c(c21)CCc1cnc(Cl)cc1-3. The Bertz CT molecular complexity index is 2370. The van der Waals surface area contributed by atoms with Crippen LogP contribution in [0.2, 0.25) is 5.15 Å². The first-order valence-corrected chi connectivity index (χ1v) is 18.3. The Hall–Kier alpha value is -5.27. The van der Waals surface area contributed by atoms with Gasteiger partial charge in [0.15, 0.2) is 0 Å². The molecule has 2 saturated carbocycles. The molecule has 2 amide bonds. The third kappa shape index (κ3) is 4.78. The number of pyridine rings is 3. The topological polar surface area (TPSA) is 152 Å². The molecule has 10 nitrogen and oxygen atoms in total. The molecule has 6 aliphatic rings. The maximum Gasteiger partial charge on any atom is 0.253 e. The van der Waals surface area contributed by atoms with Crippen molar-refractivity contribution in [3.63, 3.8) is 0 Å². The number of carbonyl (C=O) groups is 2. The fraction of sp³-hybridized carbons (Fsp3) is 0.350. The molecule has 2 spiro atoms. The zero-order chi connectivity index (χ0) is 34.5. The first-order valence-electron chi connectivity index (χ1n) is 17.9. The number of nitriles is 1. The molecule has 2 aliphatic heterocycles. The van der Waals surface area contributed by atoms with Crippen LogP contribution in [0.5, 0.6) is 0 Å². The predicted octanol–water partition coefficient (Wildman–Crippen LogP) is 6.35. The summed E-state index contributed by atoms with van der Waals surface area (Å²) in [6, 6.07) is 7.91. The van der Waals surface area contributed by atoms with Crippen molar-refractivity contribution in [2.75, 3.05) is 0 Å². The molecule has 0 aromatic carbocycles. The van der Waals surface area contributed by atoms with Crippen LogP contribution in [0.25, 0.3) is 33.8 Å². The van der Waals surface area contributed by atoms with Crippen LogP contribution in [0.15, 0.2) is 43.0 Å². The fourth-order valence-electron chi connectivity index (χ4n) is 9.27. The van der Waals surface area contributed by atoms with E-state index in [-0.39, 0.29) is 22.9 Å². The van der Waals surface area contributed by atoms with Crippen LogP contribution in [-0.4, -0.2) is 47.8 Å². The van der Waals surface area contributed by atoms with Crippen molar-refractivity contribution < 1.29 is 9.59 Å². The Morgan fingerprint density at radius 2 is 1.27 bits per heavy atom. The summed E-state index contributed by atoms with van der Waals surface area (Å²) in [5.74, 6) is 0.175. The number of hydrogen-bond donors (Lipinski definition) is 4. The number of H-pyrrole nitrogens is 2. The average Bonchev–Trinajstić information content (AvgIpc) is 3.69. The fourth-order valence-corrected chi connectivity index (χ4v) is 9.43. The molecule has 11 rings (SSSR count). The minimum Gasteiger partial charge on any atom is -0.357 e. The molecule has 4 N–H and O–H groups in total. The maximum atomic E-state index is 12.9. The highest BCUT2D eigenvalue weighted by molar-refractivity contribution is 6.29. The van der Waals surface area contributed by atoms with E-state index in [1.807, 2.05) is 18.5 Å². The molecular weight excluding hydrogens is 660 g/mol. The van der Waals surface area contributed by atoms with Crippen LogP contribution in [0.3, 0.4) is 0 Å². The molecule has 5 aromatic heterocycles. The minimum absolute atomic E-state index is 0.0102. The predicted molar refractivity (Wildman–Crippen MR) is 191 cm³/mol. The molecule has 0 bridgehead atoms. The van der Waals surface area contributed by atoms with E-state index in [2.05, 4.69) is 47.7 Å². The normalized spacial score (nSPS) is 19.2. The number of nitrogens with zero attached hydrogens (tertiary/aromatic N) is 4. The smallest absolute Gasteiger partial charge is 0.253 e. The maximum absolute atomic E-state index is 12.9. The van der Waals surface area contributed by atoms with E-state index < -0.39 is 0 Å². The van der Waals surface area contributed by atoms with E-state index in [0.717, 1.165) is 132 Å². The second-order valence-corrected chi connectivity index (χ2v) is 15.5. The highest BCUT2D eigenvalue weighted by Crippen LogP contribution is 2.45. The number of hydrogen-bond acceptors (Lipinski definition) is 6. The molecule has 254 valence electrons. The van der Waals surface area contributed by atoms with E-state index in [1.54, 1.807) is 18.5 Å². The average molecular weight is 695 g/mol. The number of carbonyl (C=O) groups excluding carboxylic acids is 2. The zero-order valence-electron chi connectivity index (χ0n) is 28.0. The summed E-state index contributed by atoms with van der Waals surface area (Å²) in [6.45, 7) is 0. The first kappa shape index (κ1) is 30.5. The van der Waals surface area contributed by atoms with Gasteiger partial charge in [-0.1, -0.05) is 11.6 Å². The number of amides is 2. The van der Waals surface area contributed by atoms with Crippen LogP contribution in [0, 0.1) is 11.3 Å². The standard InChI is InChI=1S/C23H19N5O.C17H16ClN3O/c24-9-13-6-15(11-25-10-13)18-7-17-14(12-26-18)2-3-16-20-19(27-21(16)17)8-23(4-1-5-23)28-22(20)29;18-13-6-11-9(8-19-13)2-3-10-14-12(20-15(10)11)7-17(4-1-5-17)21-16(14)22/h6-7,10-12,27H,1-5,8H2,(H,28,29);6,8,20H,1-5,7H2,(H,21,22). The van der Waals surface area contributed by atoms with Crippen LogP contribution in [0.1, 0.15) is 98.4 Å². The number of fused-ring (bicyclic) bond motifs is 10. The summed E-state index contributed by atoms with van der Waals surface area (Å²) in [5, 5.41) is 16.2. The third-order valence-corrected chi connectivity index (χ3v) is 12.4. The number of halogens is 1. The molecule has 0 atom stereocenters. The molecule has 0 radical (unpaired) electrons. The summed E-state index contributed by atoms with van der Waals surface area (Å²) in [5.41, 5.74) is 15.0. The molecule has 0 saturated heterocycles. The van der Waals surface area contributed by atoms with Crippen LogP contribution in [0.4, 0.5) is 0 Å². The van der Waals surface area contributed by atoms with Gasteiger partial charge in [-0.3, -0.25) is 19.6 Å². The lowest BCUT2D eigenvalue weighted by atomic mass is 9.71. The number of nitrogens with one attached hydrogen (secondary N) is 4. The van der Waals surface area contributed by atoms with E-state index in [4.69, 9.17) is 16.9 Å². The Morgan fingerprint density at radius 3 is 1.82 bits per heavy atom. The highest BCUT2D eigenvalue weighted by atomic mass is 35.5. The Labute approximate surface area is 299 Å². The summed E-state index contributed by atoms with van der Waals surface area (Å²) in [7, 11) is 0. The van der Waals surface area contributed by atoms with E-state index in [9.17, 15) is 9.59 Å². The van der Waals surface area contributed by atoms with Gasteiger partial charge < -0.3 is 20.6 Å².